The van der Waals surface area contributed by atoms with Crippen LogP contribution in [0.5, 0.6) is 0 Å². The highest BCUT2D eigenvalue weighted by molar-refractivity contribution is 5.27. The first-order valence-electron chi connectivity index (χ1n) is 6.24. The summed E-state index contributed by atoms with van der Waals surface area (Å²) in [4.78, 5) is 2.12. The van der Waals surface area contributed by atoms with Gasteiger partial charge < -0.3 is 5.73 Å². The van der Waals surface area contributed by atoms with Gasteiger partial charge >= 0.3 is 0 Å². The van der Waals surface area contributed by atoms with E-state index in [2.05, 4.69) is 18.7 Å². The first-order chi connectivity index (χ1) is 8.45. The van der Waals surface area contributed by atoms with E-state index in [9.17, 15) is 8.78 Å². The second kappa shape index (κ2) is 6.81. The van der Waals surface area contributed by atoms with Crippen LogP contribution < -0.4 is 5.73 Å². The van der Waals surface area contributed by atoms with Gasteiger partial charge in [0.2, 0.25) is 0 Å². The molecule has 0 amide bonds. The van der Waals surface area contributed by atoms with Crippen molar-refractivity contribution in [3.63, 3.8) is 0 Å². The first-order valence-corrected chi connectivity index (χ1v) is 6.24. The minimum Gasteiger partial charge on any atom is -0.329 e. The van der Waals surface area contributed by atoms with Crippen LogP contribution in [-0.4, -0.2) is 25.0 Å². The predicted octanol–water partition coefficient (Wildman–Crippen LogP) is 3.21. The molecule has 0 saturated heterocycles. The molecule has 1 atom stereocenters. The average Bonchev–Trinajstić information content (AvgIpc) is 2.29. The van der Waals surface area contributed by atoms with Crippen LogP contribution in [0, 0.1) is 5.92 Å². The summed E-state index contributed by atoms with van der Waals surface area (Å²) in [5.74, 6) is 0.516. The molecule has 0 aromatic heterocycles. The molecule has 0 spiro atoms. The Morgan fingerprint density at radius 3 is 2.33 bits per heavy atom. The van der Waals surface area contributed by atoms with Crippen molar-refractivity contribution >= 4 is 0 Å². The van der Waals surface area contributed by atoms with Crippen molar-refractivity contribution in [2.24, 2.45) is 11.7 Å². The Kier molecular flexibility index (Phi) is 5.69. The minimum atomic E-state index is -2.43. The number of hydrogen-bond donors (Lipinski definition) is 1. The van der Waals surface area contributed by atoms with E-state index in [-0.39, 0.29) is 11.6 Å². The number of likely N-dealkylation sites (N-methyl/N-ethyl adjacent to an activating group) is 1. The highest BCUT2D eigenvalue weighted by Crippen LogP contribution is 2.25. The monoisotopic (exact) mass is 256 g/mol. The molecule has 0 bridgehead atoms. The number of halogens is 2. The smallest absolute Gasteiger partial charge is 0.263 e. The lowest BCUT2D eigenvalue weighted by molar-refractivity contribution is 0.151. The van der Waals surface area contributed by atoms with E-state index < -0.39 is 6.43 Å². The largest absolute Gasteiger partial charge is 0.329 e. The molecule has 1 aromatic rings. The third-order valence-electron chi connectivity index (χ3n) is 2.96. The zero-order chi connectivity index (χ0) is 13.7. The van der Waals surface area contributed by atoms with Gasteiger partial charge in [0.1, 0.15) is 0 Å². The lowest BCUT2D eigenvalue weighted by Gasteiger charge is -2.29. The van der Waals surface area contributed by atoms with Crippen LogP contribution in [0.25, 0.3) is 0 Å². The van der Waals surface area contributed by atoms with Gasteiger partial charge in [-0.2, -0.15) is 0 Å². The first kappa shape index (κ1) is 15.1. The van der Waals surface area contributed by atoms with E-state index >= 15 is 0 Å². The molecule has 102 valence electrons. The van der Waals surface area contributed by atoms with Gasteiger partial charge in [0.05, 0.1) is 0 Å². The fraction of sp³-hybridized carbons (Fsp3) is 0.571. The number of nitrogens with zero attached hydrogens (tertiary/aromatic N) is 1. The van der Waals surface area contributed by atoms with E-state index in [0.29, 0.717) is 12.5 Å². The van der Waals surface area contributed by atoms with E-state index in [1.807, 2.05) is 13.1 Å². The van der Waals surface area contributed by atoms with Crippen LogP contribution >= 0.6 is 0 Å². The van der Waals surface area contributed by atoms with Crippen molar-refractivity contribution in [3.8, 4) is 0 Å². The Bertz CT molecular complexity index is 367. The van der Waals surface area contributed by atoms with Gasteiger partial charge in [-0.25, -0.2) is 8.78 Å². The van der Waals surface area contributed by atoms with Crippen molar-refractivity contribution in [2.75, 3.05) is 20.1 Å². The second-order valence-electron chi connectivity index (χ2n) is 5.06. The Morgan fingerprint density at radius 1 is 1.22 bits per heavy atom. The molecule has 0 aliphatic rings. The molecule has 0 heterocycles. The fourth-order valence-electron chi connectivity index (χ4n) is 2.18. The van der Waals surface area contributed by atoms with Crippen molar-refractivity contribution < 1.29 is 8.78 Å². The summed E-state index contributed by atoms with van der Waals surface area (Å²) < 4.78 is 25.4. The quantitative estimate of drug-likeness (QED) is 0.846. The summed E-state index contributed by atoms with van der Waals surface area (Å²) in [7, 11) is 1.98. The lowest BCUT2D eigenvalue weighted by Crippen LogP contribution is -2.33. The third kappa shape index (κ3) is 4.03. The number of hydrogen-bond acceptors (Lipinski definition) is 2. The summed E-state index contributed by atoms with van der Waals surface area (Å²) in [6.45, 7) is 5.57. The van der Waals surface area contributed by atoms with Crippen LogP contribution in [0.4, 0.5) is 8.78 Å². The summed E-state index contributed by atoms with van der Waals surface area (Å²) >= 11 is 0. The highest BCUT2D eigenvalue weighted by Gasteiger charge is 2.18. The molecule has 0 saturated carbocycles. The summed E-state index contributed by atoms with van der Waals surface area (Å²) in [5, 5.41) is 0. The SMILES string of the molecule is CC(C)CN(C)C(CN)c1cccc(C(F)F)c1. The molecule has 18 heavy (non-hydrogen) atoms. The normalized spacial score (nSPS) is 13.6. The van der Waals surface area contributed by atoms with E-state index in [0.717, 1.165) is 12.1 Å². The zero-order valence-electron chi connectivity index (χ0n) is 11.2. The molecule has 1 rings (SSSR count). The molecule has 2 nitrogen and oxygen atoms in total. The van der Waals surface area contributed by atoms with Crippen LogP contribution in [0.3, 0.4) is 0 Å². The Balaban J connectivity index is 2.90. The molecule has 2 N–H and O–H groups in total. The molecule has 0 aliphatic heterocycles. The minimum absolute atomic E-state index is 0.00824. The Labute approximate surface area is 108 Å². The number of alkyl halides is 2. The van der Waals surface area contributed by atoms with Crippen LogP contribution in [0.1, 0.15) is 37.4 Å². The predicted molar refractivity (Wildman–Crippen MR) is 70.7 cm³/mol. The van der Waals surface area contributed by atoms with E-state index in [1.165, 1.54) is 6.07 Å². The zero-order valence-corrected chi connectivity index (χ0v) is 11.2. The van der Waals surface area contributed by atoms with Crippen molar-refractivity contribution in [1.82, 2.24) is 4.90 Å². The number of rotatable bonds is 6. The van der Waals surface area contributed by atoms with Gasteiger partial charge in [-0.1, -0.05) is 32.0 Å². The van der Waals surface area contributed by atoms with Crippen molar-refractivity contribution in [2.45, 2.75) is 26.3 Å². The van der Waals surface area contributed by atoms with Crippen molar-refractivity contribution in [3.05, 3.63) is 35.4 Å². The topological polar surface area (TPSA) is 29.3 Å². The molecule has 0 aliphatic carbocycles. The lowest BCUT2D eigenvalue weighted by atomic mass is 10.0. The van der Waals surface area contributed by atoms with Gasteiger partial charge in [0, 0.05) is 24.7 Å². The maximum absolute atomic E-state index is 12.7. The summed E-state index contributed by atoms with van der Waals surface area (Å²) in [6, 6.07) is 6.53. The van der Waals surface area contributed by atoms with E-state index in [4.69, 9.17) is 5.73 Å². The summed E-state index contributed by atoms with van der Waals surface area (Å²) in [5.41, 5.74) is 6.70. The summed E-state index contributed by atoms with van der Waals surface area (Å²) in [6.07, 6.45) is -2.43. The van der Waals surface area contributed by atoms with Gasteiger partial charge in [0.15, 0.2) is 0 Å². The fourth-order valence-corrected chi connectivity index (χ4v) is 2.18. The van der Waals surface area contributed by atoms with Gasteiger partial charge in [-0.3, -0.25) is 4.90 Å². The van der Waals surface area contributed by atoms with Gasteiger partial charge in [-0.15, -0.1) is 0 Å². The molecular weight excluding hydrogens is 234 g/mol. The maximum atomic E-state index is 12.7. The molecule has 4 heteroatoms. The van der Waals surface area contributed by atoms with Gasteiger partial charge in [0.25, 0.3) is 6.43 Å². The van der Waals surface area contributed by atoms with Crippen LogP contribution in [0.2, 0.25) is 0 Å². The van der Waals surface area contributed by atoms with Crippen molar-refractivity contribution in [1.29, 1.82) is 0 Å². The second-order valence-corrected chi connectivity index (χ2v) is 5.06. The average molecular weight is 256 g/mol. The van der Waals surface area contributed by atoms with Crippen LogP contribution in [0.15, 0.2) is 24.3 Å². The Morgan fingerprint density at radius 2 is 1.83 bits per heavy atom. The Hall–Kier alpha value is -1.00. The highest BCUT2D eigenvalue weighted by atomic mass is 19.3. The number of nitrogens with two attached hydrogens (primary N) is 1. The number of benzene rings is 1. The molecule has 0 fully saturated rings. The third-order valence-corrected chi connectivity index (χ3v) is 2.96. The van der Waals surface area contributed by atoms with Gasteiger partial charge in [-0.05, 0) is 24.6 Å². The molecule has 0 radical (unpaired) electrons. The molecule has 1 unspecified atom stereocenters. The molecular formula is C14H22F2N2. The van der Waals surface area contributed by atoms with Crippen LogP contribution in [-0.2, 0) is 0 Å². The standard InChI is InChI=1S/C14H22F2N2/c1-10(2)9-18(3)13(8-17)11-5-4-6-12(7-11)14(15)16/h4-7,10,13-14H,8-9,17H2,1-3H3. The van der Waals surface area contributed by atoms with E-state index in [1.54, 1.807) is 12.1 Å². The molecule has 1 aromatic carbocycles. The maximum Gasteiger partial charge on any atom is 0.263 e.